The monoisotopic (exact) mass is 235 g/mol. The van der Waals surface area contributed by atoms with Crippen molar-refractivity contribution in [1.82, 2.24) is 5.32 Å². The van der Waals surface area contributed by atoms with E-state index >= 15 is 0 Å². The van der Waals surface area contributed by atoms with Crippen LogP contribution >= 0.6 is 0 Å². The fraction of sp³-hybridized carbons (Fsp3) is 0.385. The van der Waals surface area contributed by atoms with E-state index in [1.165, 1.54) is 6.92 Å². The zero-order valence-electron chi connectivity index (χ0n) is 10.1. The van der Waals surface area contributed by atoms with Crippen LogP contribution in [-0.4, -0.2) is 17.0 Å². The number of benzene rings is 1. The second-order valence-electron chi connectivity index (χ2n) is 4.10. The third-order valence-electron chi connectivity index (χ3n) is 2.50. The number of carboxylic acids is 1. The van der Waals surface area contributed by atoms with Crippen molar-refractivity contribution >= 4 is 11.9 Å². The molecule has 0 aliphatic heterocycles. The average molecular weight is 235 g/mol. The third-order valence-corrected chi connectivity index (χ3v) is 2.50. The van der Waals surface area contributed by atoms with Crippen LogP contribution < -0.4 is 5.32 Å². The minimum absolute atomic E-state index is 0.0405. The zero-order valence-corrected chi connectivity index (χ0v) is 10.1. The summed E-state index contributed by atoms with van der Waals surface area (Å²) in [5.74, 6) is -1.01. The summed E-state index contributed by atoms with van der Waals surface area (Å²) < 4.78 is 0. The highest BCUT2D eigenvalue weighted by molar-refractivity contribution is 5.73. The Morgan fingerprint density at radius 2 is 1.88 bits per heavy atom. The van der Waals surface area contributed by atoms with E-state index in [1.807, 2.05) is 31.2 Å². The van der Waals surface area contributed by atoms with E-state index < -0.39 is 5.97 Å². The number of aryl methyl sites for hydroxylation is 1. The lowest BCUT2D eigenvalue weighted by atomic mass is 10.0. The molecule has 1 aromatic carbocycles. The molecule has 4 nitrogen and oxygen atoms in total. The first-order chi connectivity index (χ1) is 7.99. The molecule has 0 saturated carbocycles. The van der Waals surface area contributed by atoms with Crippen LogP contribution in [0.2, 0.25) is 0 Å². The fourth-order valence-corrected chi connectivity index (χ4v) is 1.63. The molecule has 1 unspecified atom stereocenters. The van der Waals surface area contributed by atoms with Crippen molar-refractivity contribution in [3.63, 3.8) is 0 Å². The zero-order chi connectivity index (χ0) is 12.8. The van der Waals surface area contributed by atoms with E-state index in [1.54, 1.807) is 0 Å². The van der Waals surface area contributed by atoms with Gasteiger partial charge in [0.25, 0.3) is 0 Å². The molecule has 0 saturated heterocycles. The van der Waals surface area contributed by atoms with Crippen molar-refractivity contribution < 1.29 is 14.7 Å². The van der Waals surface area contributed by atoms with Crippen molar-refractivity contribution in [2.24, 2.45) is 0 Å². The normalized spacial score (nSPS) is 11.9. The Morgan fingerprint density at radius 1 is 1.29 bits per heavy atom. The van der Waals surface area contributed by atoms with Gasteiger partial charge >= 0.3 is 5.97 Å². The Morgan fingerprint density at radius 3 is 2.35 bits per heavy atom. The van der Waals surface area contributed by atoms with E-state index in [-0.39, 0.29) is 18.4 Å². The Kier molecular flexibility index (Phi) is 4.69. The van der Waals surface area contributed by atoms with Crippen LogP contribution in [0.5, 0.6) is 0 Å². The van der Waals surface area contributed by atoms with Gasteiger partial charge in [0.05, 0.1) is 6.04 Å². The van der Waals surface area contributed by atoms with Gasteiger partial charge in [-0.15, -0.1) is 0 Å². The number of amides is 1. The van der Waals surface area contributed by atoms with Crippen molar-refractivity contribution in [2.75, 3.05) is 0 Å². The summed E-state index contributed by atoms with van der Waals surface area (Å²) in [5, 5.41) is 11.4. The minimum atomic E-state index is -0.854. The molecule has 1 aromatic rings. The van der Waals surface area contributed by atoms with Gasteiger partial charge in [0, 0.05) is 13.3 Å². The minimum Gasteiger partial charge on any atom is -0.481 e. The van der Waals surface area contributed by atoms with E-state index in [0.29, 0.717) is 6.42 Å². The van der Waals surface area contributed by atoms with Gasteiger partial charge < -0.3 is 10.4 Å². The maximum absolute atomic E-state index is 11.1. The van der Waals surface area contributed by atoms with E-state index in [9.17, 15) is 9.59 Å². The molecule has 0 radical (unpaired) electrons. The number of rotatable bonds is 5. The number of carbonyl (C=O) groups is 2. The summed E-state index contributed by atoms with van der Waals surface area (Å²) in [6.07, 6.45) is 0.441. The average Bonchev–Trinajstić information content (AvgIpc) is 2.25. The van der Waals surface area contributed by atoms with Crippen molar-refractivity contribution in [3.8, 4) is 0 Å². The fourth-order valence-electron chi connectivity index (χ4n) is 1.63. The molecule has 0 fully saturated rings. The Bertz CT molecular complexity index is 398. The highest BCUT2D eigenvalue weighted by atomic mass is 16.4. The lowest BCUT2D eigenvalue weighted by molar-refractivity contribution is -0.137. The van der Waals surface area contributed by atoms with Crippen molar-refractivity contribution in [2.45, 2.75) is 32.7 Å². The summed E-state index contributed by atoms with van der Waals surface area (Å²) in [7, 11) is 0. The van der Waals surface area contributed by atoms with Crippen molar-refractivity contribution in [1.29, 1.82) is 0 Å². The number of nitrogens with one attached hydrogen (secondary N) is 1. The van der Waals surface area contributed by atoms with Crippen LogP contribution in [0, 0.1) is 6.92 Å². The number of aliphatic carboxylic acids is 1. The molecule has 0 spiro atoms. The Hall–Kier alpha value is -1.84. The molecule has 92 valence electrons. The van der Waals surface area contributed by atoms with Crippen molar-refractivity contribution in [3.05, 3.63) is 35.4 Å². The van der Waals surface area contributed by atoms with Crippen LogP contribution in [0.3, 0.4) is 0 Å². The van der Waals surface area contributed by atoms with Gasteiger partial charge in [-0.05, 0) is 18.9 Å². The van der Waals surface area contributed by atoms with Gasteiger partial charge in [0.1, 0.15) is 0 Å². The SMILES string of the molecule is CC(=O)NC(CCC(=O)O)c1ccc(C)cc1. The molecule has 4 heteroatoms. The maximum Gasteiger partial charge on any atom is 0.303 e. The van der Waals surface area contributed by atoms with Crippen LogP contribution in [0.1, 0.15) is 36.9 Å². The number of hydrogen-bond donors (Lipinski definition) is 2. The molecular weight excluding hydrogens is 218 g/mol. The Balaban J connectivity index is 2.77. The molecule has 0 heterocycles. The second-order valence-corrected chi connectivity index (χ2v) is 4.10. The quantitative estimate of drug-likeness (QED) is 0.820. The van der Waals surface area contributed by atoms with E-state index in [4.69, 9.17) is 5.11 Å². The second kappa shape index (κ2) is 6.03. The van der Waals surface area contributed by atoms with E-state index in [2.05, 4.69) is 5.32 Å². The number of carboxylic acid groups (broad SMARTS) is 1. The number of hydrogen-bond acceptors (Lipinski definition) is 2. The summed E-state index contributed by atoms with van der Waals surface area (Å²) in [5.41, 5.74) is 2.07. The lowest BCUT2D eigenvalue weighted by Gasteiger charge is -2.17. The van der Waals surface area contributed by atoms with Gasteiger partial charge in [-0.1, -0.05) is 29.8 Å². The standard InChI is InChI=1S/C13H17NO3/c1-9-3-5-11(6-4-9)12(14-10(2)15)7-8-13(16)17/h3-6,12H,7-8H2,1-2H3,(H,14,15)(H,16,17). The molecule has 0 aliphatic rings. The van der Waals surface area contributed by atoms with Gasteiger partial charge in [0.15, 0.2) is 0 Å². The molecule has 0 bridgehead atoms. The molecular formula is C13H17NO3. The van der Waals surface area contributed by atoms with Crippen LogP contribution in [0.15, 0.2) is 24.3 Å². The predicted octanol–water partition coefficient (Wildman–Crippen LogP) is 2.04. The highest BCUT2D eigenvalue weighted by Crippen LogP contribution is 2.19. The Labute approximate surface area is 101 Å². The predicted molar refractivity (Wildman–Crippen MR) is 64.6 cm³/mol. The topological polar surface area (TPSA) is 66.4 Å². The van der Waals surface area contributed by atoms with Gasteiger partial charge in [0.2, 0.25) is 5.91 Å². The first-order valence-electron chi connectivity index (χ1n) is 5.54. The number of carbonyl (C=O) groups excluding carboxylic acids is 1. The molecule has 0 aromatic heterocycles. The van der Waals surface area contributed by atoms with Gasteiger partial charge in [-0.25, -0.2) is 0 Å². The van der Waals surface area contributed by atoms with Crippen LogP contribution in [0.25, 0.3) is 0 Å². The molecule has 0 aliphatic carbocycles. The summed E-state index contributed by atoms with van der Waals surface area (Å²) in [6, 6.07) is 7.50. The molecule has 2 N–H and O–H groups in total. The van der Waals surface area contributed by atoms with Gasteiger partial charge in [-0.3, -0.25) is 9.59 Å². The smallest absolute Gasteiger partial charge is 0.303 e. The molecule has 1 atom stereocenters. The van der Waals surface area contributed by atoms with Crippen LogP contribution in [-0.2, 0) is 9.59 Å². The molecule has 17 heavy (non-hydrogen) atoms. The highest BCUT2D eigenvalue weighted by Gasteiger charge is 2.13. The van der Waals surface area contributed by atoms with E-state index in [0.717, 1.165) is 11.1 Å². The van der Waals surface area contributed by atoms with Crippen LogP contribution in [0.4, 0.5) is 0 Å². The maximum atomic E-state index is 11.1. The summed E-state index contributed by atoms with van der Waals surface area (Å²) >= 11 is 0. The summed E-state index contributed by atoms with van der Waals surface area (Å²) in [4.78, 5) is 21.6. The first-order valence-corrected chi connectivity index (χ1v) is 5.54. The molecule has 1 amide bonds. The third kappa shape index (κ3) is 4.68. The summed E-state index contributed by atoms with van der Waals surface area (Å²) in [6.45, 7) is 3.41. The molecule has 1 rings (SSSR count). The largest absolute Gasteiger partial charge is 0.481 e. The lowest BCUT2D eigenvalue weighted by Crippen LogP contribution is -2.26. The van der Waals surface area contributed by atoms with Gasteiger partial charge in [-0.2, -0.15) is 0 Å². The first kappa shape index (κ1) is 13.2.